The molecule has 0 radical (unpaired) electrons. The van der Waals surface area contributed by atoms with E-state index in [2.05, 4.69) is 47.9 Å². The van der Waals surface area contributed by atoms with Gasteiger partial charge < -0.3 is 10.6 Å². The number of benzene rings is 1. The molecule has 0 saturated heterocycles. The minimum absolute atomic E-state index is 0.567. The fourth-order valence-corrected chi connectivity index (χ4v) is 3.14. The van der Waals surface area contributed by atoms with Gasteiger partial charge in [0.05, 0.1) is 0 Å². The number of nitrogens with one attached hydrogen (secondary N) is 2. The highest BCUT2D eigenvalue weighted by molar-refractivity contribution is 7.80. The lowest BCUT2D eigenvalue weighted by Crippen LogP contribution is -2.46. The highest BCUT2D eigenvalue weighted by atomic mass is 32.1. The van der Waals surface area contributed by atoms with Crippen LogP contribution in [0.15, 0.2) is 30.3 Å². The molecule has 2 nitrogen and oxygen atoms in total. The second-order valence-electron chi connectivity index (χ2n) is 5.86. The van der Waals surface area contributed by atoms with E-state index in [4.69, 9.17) is 12.2 Å². The van der Waals surface area contributed by atoms with Crippen molar-refractivity contribution in [3.63, 3.8) is 0 Å². The molecule has 1 fully saturated rings. The Labute approximate surface area is 128 Å². The second kappa shape index (κ2) is 8.25. The minimum Gasteiger partial charge on any atom is -0.363 e. The number of hydrogen-bond donors (Lipinski definition) is 2. The van der Waals surface area contributed by atoms with Gasteiger partial charge in [0.25, 0.3) is 0 Å². The van der Waals surface area contributed by atoms with Gasteiger partial charge >= 0.3 is 0 Å². The van der Waals surface area contributed by atoms with E-state index in [0.29, 0.717) is 6.04 Å². The summed E-state index contributed by atoms with van der Waals surface area (Å²) in [6.45, 7) is 3.27. The topological polar surface area (TPSA) is 24.1 Å². The van der Waals surface area contributed by atoms with Crippen LogP contribution in [-0.2, 0) is 6.42 Å². The first-order valence-electron chi connectivity index (χ1n) is 7.84. The van der Waals surface area contributed by atoms with Crippen LogP contribution in [0.4, 0.5) is 0 Å². The predicted molar refractivity (Wildman–Crippen MR) is 89.9 cm³/mol. The van der Waals surface area contributed by atoms with Crippen LogP contribution in [0.3, 0.4) is 0 Å². The monoisotopic (exact) mass is 290 g/mol. The molecule has 0 aliphatic heterocycles. The third-order valence-corrected chi connectivity index (χ3v) is 4.46. The van der Waals surface area contributed by atoms with Crippen molar-refractivity contribution in [1.29, 1.82) is 0 Å². The summed E-state index contributed by atoms with van der Waals surface area (Å²) in [5.74, 6) is 0.743. The summed E-state index contributed by atoms with van der Waals surface area (Å²) in [7, 11) is 0. The van der Waals surface area contributed by atoms with Gasteiger partial charge in [-0.25, -0.2) is 0 Å². The summed E-state index contributed by atoms with van der Waals surface area (Å²) in [6, 6.07) is 11.2. The first-order valence-corrected chi connectivity index (χ1v) is 8.25. The first-order chi connectivity index (χ1) is 9.75. The Morgan fingerprint density at radius 3 is 2.70 bits per heavy atom. The van der Waals surface area contributed by atoms with Crippen LogP contribution in [0.2, 0.25) is 0 Å². The molecule has 0 amide bonds. The summed E-state index contributed by atoms with van der Waals surface area (Å²) >= 11 is 5.40. The molecule has 20 heavy (non-hydrogen) atoms. The third-order valence-electron chi connectivity index (χ3n) is 4.20. The fraction of sp³-hybridized carbons (Fsp3) is 0.588. The van der Waals surface area contributed by atoms with E-state index >= 15 is 0 Å². The molecule has 0 unspecified atom stereocenters. The lowest BCUT2D eigenvalue weighted by atomic mass is 9.86. The Morgan fingerprint density at radius 1 is 1.20 bits per heavy atom. The van der Waals surface area contributed by atoms with Crippen molar-refractivity contribution in [2.75, 3.05) is 6.54 Å². The maximum Gasteiger partial charge on any atom is 0.166 e. The minimum atomic E-state index is 0.567. The van der Waals surface area contributed by atoms with Crippen LogP contribution < -0.4 is 10.6 Å². The Balaban J connectivity index is 1.60. The summed E-state index contributed by atoms with van der Waals surface area (Å²) < 4.78 is 0. The molecule has 1 aromatic carbocycles. The fourth-order valence-electron chi connectivity index (χ4n) is 2.89. The summed E-state index contributed by atoms with van der Waals surface area (Å²) in [5.41, 5.74) is 1.40. The standard InChI is InChI=1S/C17H26N2S/c1-14-8-5-6-12-16(14)19-17(20)18-13-7-11-15-9-3-2-4-10-15/h2-4,9-10,14,16H,5-8,11-13H2,1H3,(H2,18,19,20)/t14-,16-/m0/s1. The molecule has 110 valence electrons. The number of rotatable bonds is 5. The number of thiocarbonyl (C=S) groups is 1. The zero-order chi connectivity index (χ0) is 14.2. The van der Waals surface area contributed by atoms with E-state index in [1.807, 2.05) is 0 Å². The Hall–Kier alpha value is -1.09. The SMILES string of the molecule is C[C@H]1CCCC[C@@H]1NC(=S)NCCCc1ccccc1. The number of hydrogen-bond acceptors (Lipinski definition) is 1. The van der Waals surface area contributed by atoms with Crippen molar-refractivity contribution >= 4 is 17.3 Å². The van der Waals surface area contributed by atoms with Crippen molar-refractivity contribution < 1.29 is 0 Å². The van der Waals surface area contributed by atoms with E-state index in [-0.39, 0.29) is 0 Å². The largest absolute Gasteiger partial charge is 0.363 e. The maximum atomic E-state index is 5.40. The van der Waals surface area contributed by atoms with Crippen molar-refractivity contribution in [1.82, 2.24) is 10.6 Å². The van der Waals surface area contributed by atoms with Gasteiger partial charge in [-0.05, 0) is 49.4 Å². The zero-order valence-electron chi connectivity index (χ0n) is 12.4. The lowest BCUT2D eigenvalue weighted by Gasteiger charge is -2.30. The lowest BCUT2D eigenvalue weighted by molar-refractivity contribution is 0.308. The van der Waals surface area contributed by atoms with E-state index in [1.165, 1.54) is 31.2 Å². The molecule has 1 aliphatic carbocycles. The summed E-state index contributed by atoms with van der Waals surface area (Å²) in [4.78, 5) is 0. The molecule has 0 heterocycles. The first kappa shape index (κ1) is 15.3. The highest BCUT2D eigenvalue weighted by Gasteiger charge is 2.21. The van der Waals surface area contributed by atoms with Crippen molar-refractivity contribution in [2.24, 2.45) is 5.92 Å². The molecule has 1 saturated carbocycles. The average molecular weight is 290 g/mol. The van der Waals surface area contributed by atoms with E-state index in [1.54, 1.807) is 0 Å². The normalized spacial score (nSPS) is 22.2. The van der Waals surface area contributed by atoms with Gasteiger partial charge in [0, 0.05) is 12.6 Å². The van der Waals surface area contributed by atoms with Gasteiger partial charge in [0.2, 0.25) is 0 Å². The van der Waals surface area contributed by atoms with E-state index in [9.17, 15) is 0 Å². The molecule has 0 bridgehead atoms. The van der Waals surface area contributed by atoms with Gasteiger partial charge in [-0.3, -0.25) is 0 Å². The van der Waals surface area contributed by atoms with Gasteiger partial charge in [-0.1, -0.05) is 50.1 Å². The molecule has 1 aromatic rings. The Kier molecular flexibility index (Phi) is 6.31. The molecular formula is C17H26N2S. The molecule has 2 rings (SSSR count). The van der Waals surface area contributed by atoms with Crippen LogP contribution in [0, 0.1) is 5.92 Å². The van der Waals surface area contributed by atoms with Crippen LogP contribution in [0.1, 0.15) is 44.6 Å². The molecule has 0 aromatic heterocycles. The Bertz CT molecular complexity index is 405. The van der Waals surface area contributed by atoms with Gasteiger partial charge in [-0.2, -0.15) is 0 Å². The molecule has 0 spiro atoms. The molecule has 1 aliphatic rings. The summed E-state index contributed by atoms with van der Waals surface area (Å²) in [5, 5.41) is 7.66. The molecule has 2 N–H and O–H groups in total. The van der Waals surface area contributed by atoms with E-state index < -0.39 is 0 Å². The zero-order valence-corrected chi connectivity index (χ0v) is 13.2. The van der Waals surface area contributed by atoms with Crippen molar-refractivity contribution in [3.05, 3.63) is 35.9 Å². The smallest absolute Gasteiger partial charge is 0.166 e. The third kappa shape index (κ3) is 5.12. The average Bonchev–Trinajstić information content (AvgIpc) is 2.47. The van der Waals surface area contributed by atoms with Gasteiger partial charge in [0.1, 0.15) is 0 Å². The summed E-state index contributed by atoms with van der Waals surface area (Å²) in [6.07, 6.45) is 7.51. The van der Waals surface area contributed by atoms with Crippen LogP contribution in [0.5, 0.6) is 0 Å². The maximum absolute atomic E-state index is 5.40. The second-order valence-corrected chi connectivity index (χ2v) is 6.27. The van der Waals surface area contributed by atoms with E-state index in [0.717, 1.165) is 30.4 Å². The number of aryl methyl sites for hydroxylation is 1. The van der Waals surface area contributed by atoms with Crippen LogP contribution in [0.25, 0.3) is 0 Å². The van der Waals surface area contributed by atoms with Crippen molar-refractivity contribution in [2.45, 2.75) is 51.5 Å². The van der Waals surface area contributed by atoms with Crippen LogP contribution >= 0.6 is 12.2 Å². The molecular weight excluding hydrogens is 264 g/mol. The van der Waals surface area contributed by atoms with Crippen molar-refractivity contribution in [3.8, 4) is 0 Å². The van der Waals surface area contributed by atoms with Gasteiger partial charge in [0.15, 0.2) is 5.11 Å². The van der Waals surface area contributed by atoms with Gasteiger partial charge in [-0.15, -0.1) is 0 Å². The molecule has 2 atom stereocenters. The highest BCUT2D eigenvalue weighted by Crippen LogP contribution is 2.23. The quantitative estimate of drug-likeness (QED) is 0.639. The Morgan fingerprint density at radius 2 is 1.95 bits per heavy atom. The van der Waals surface area contributed by atoms with Crippen LogP contribution in [-0.4, -0.2) is 17.7 Å². The molecule has 3 heteroatoms. The predicted octanol–water partition coefficient (Wildman–Crippen LogP) is 3.66.